The Morgan fingerprint density at radius 2 is 1.54 bits per heavy atom. The van der Waals surface area contributed by atoms with Gasteiger partial charge in [-0.15, -0.1) is 0 Å². The number of halogens is 3. The first kappa shape index (κ1) is 33.1. The van der Waals surface area contributed by atoms with E-state index in [9.17, 15) is 47.7 Å². The molecule has 0 bridgehead atoms. The van der Waals surface area contributed by atoms with Crippen molar-refractivity contribution in [2.24, 2.45) is 0 Å². The third kappa shape index (κ3) is 5.91. The van der Waals surface area contributed by atoms with E-state index in [1.807, 2.05) is 5.32 Å². The van der Waals surface area contributed by atoms with Crippen molar-refractivity contribution in [1.29, 1.82) is 0 Å². The molecule has 0 spiro atoms. The van der Waals surface area contributed by atoms with Crippen molar-refractivity contribution >= 4 is 23.4 Å². The lowest BCUT2D eigenvalue weighted by molar-refractivity contribution is -0.247. The van der Waals surface area contributed by atoms with Crippen molar-refractivity contribution in [2.75, 3.05) is 0 Å². The van der Waals surface area contributed by atoms with E-state index in [0.29, 0.717) is 0 Å². The Labute approximate surface area is 271 Å². The molecule has 0 saturated carbocycles. The van der Waals surface area contributed by atoms with Crippen molar-refractivity contribution in [3.05, 3.63) is 93.5 Å². The number of hydrogen-bond donors (Lipinski definition) is 4. The Hall–Kier alpha value is -4.79. The summed E-state index contributed by atoms with van der Waals surface area (Å²) in [5.41, 5.74) is -2.40. The second-order valence-corrected chi connectivity index (χ2v) is 12.4. The molecule has 48 heavy (non-hydrogen) atoms. The van der Waals surface area contributed by atoms with Gasteiger partial charge in [0.2, 0.25) is 0 Å². The average Bonchev–Trinajstić information content (AvgIpc) is 3.02. The molecule has 252 valence electrons. The lowest BCUT2D eigenvalue weighted by atomic mass is 9.73. The lowest BCUT2D eigenvalue weighted by Crippen LogP contribution is -2.59. The third-order valence-corrected chi connectivity index (χ3v) is 8.80. The van der Waals surface area contributed by atoms with Crippen LogP contribution in [0.3, 0.4) is 0 Å². The van der Waals surface area contributed by atoms with Crippen LogP contribution >= 0.6 is 0 Å². The number of nitrogens with one attached hydrogen (secondary N) is 1. The Kier molecular flexibility index (Phi) is 8.30. The van der Waals surface area contributed by atoms with Gasteiger partial charge in [-0.1, -0.05) is 42.5 Å². The summed E-state index contributed by atoms with van der Waals surface area (Å²) < 4.78 is 57.2. The minimum atomic E-state index is -5.24. The number of hydrogen-bond acceptors (Lipinski definition) is 10. The molecule has 3 aromatic rings. The fourth-order valence-electron chi connectivity index (χ4n) is 6.61. The number of phenolic OH excluding ortho intramolecular Hbond substituents is 2. The molecule has 1 heterocycles. The van der Waals surface area contributed by atoms with Crippen LogP contribution in [0.5, 0.6) is 11.5 Å². The number of aromatic hydroxyl groups is 2. The number of amides is 1. The van der Waals surface area contributed by atoms with Crippen LogP contribution < -0.4 is 5.32 Å². The molecule has 6 rings (SSSR count). The standard InChI is InChI=1S/C34H30F3NO10/c1-15-26(38-32(44)34(35,36)37)20(48-31(43)16-8-4-3-5-9-16)12-22(46-15)47-21-14-33(2,45)13-19-23(21)30(42)25-24(29(19)41)27(39)17-10-6-7-11-18(17)28(25)40/h3-11,15,20-22,26,41-42,45H,12-14H2,1-2H3,(H,38,44)/t15-,20-,21-,22-,26+,33-/m0/s1. The van der Waals surface area contributed by atoms with Crippen molar-refractivity contribution in [2.45, 2.75) is 75.5 Å². The van der Waals surface area contributed by atoms with Crippen molar-refractivity contribution in [1.82, 2.24) is 5.32 Å². The molecule has 4 N–H and O–H groups in total. The predicted molar refractivity (Wildman–Crippen MR) is 158 cm³/mol. The highest BCUT2D eigenvalue weighted by atomic mass is 19.4. The number of phenols is 2. The number of ketones is 2. The van der Waals surface area contributed by atoms with Gasteiger partial charge in [0.05, 0.1) is 40.5 Å². The fraction of sp³-hybridized carbons (Fsp3) is 0.353. The van der Waals surface area contributed by atoms with Gasteiger partial charge in [0, 0.05) is 41.5 Å². The van der Waals surface area contributed by atoms with Crippen LogP contribution in [-0.2, 0) is 25.4 Å². The number of benzene rings is 3. The zero-order chi connectivity index (χ0) is 34.7. The van der Waals surface area contributed by atoms with Gasteiger partial charge in [0.1, 0.15) is 17.6 Å². The lowest BCUT2D eigenvalue weighted by Gasteiger charge is -2.43. The van der Waals surface area contributed by atoms with E-state index in [1.54, 1.807) is 30.3 Å². The molecule has 0 radical (unpaired) electrons. The van der Waals surface area contributed by atoms with Gasteiger partial charge in [-0.3, -0.25) is 14.4 Å². The van der Waals surface area contributed by atoms with Gasteiger partial charge in [-0.25, -0.2) is 4.79 Å². The summed E-state index contributed by atoms with van der Waals surface area (Å²) in [5.74, 6) is -5.82. The molecule has 0 aromatic heterocycles. The molecule has 1 aliphatic heterocycles. The van der Waals surface area contributed by atoms with Gasteiger partial charge in [0.25, 0.3) is 0 Å². The molecule has 1 fully saturated rings. The van der Waals surface area contributed by atoms with E-state index < -0.39 is 94.9 Å². The van der Waals surface area contributed by atoms with Gasteiger partial charge >= 0.3 is 18.1 Å². The maximum Gasteiger partial charge on any atom is 0.471 e. The fourth-order valence-corrected chi connectivity index (χ4v) is 6.61. The average molecular weight is 670 g/mol. The first-order chi connectivity index (χ1) is 22.6. The number of ether oxygens (including phenoxy) is 3. The highest BCUT2D eigenvalue weighted by molar-refractivity contribution is 6.30. The minimum absolute atomic E-state index is 0.0179. The van der Waals surface area contributed by atoms with Crippen LogP contribution in [-0.4, -0.2) is 75.1 Å². The van der Waals surface area contributed by atoms with Crippen LogP contribution in [0.4, 0.5) is 13.2 Å². The van der Waals surface area contributed by atoms with Gasteiger partial charge in [-0.2, -0.15) is 13.2 Å². The zero-order valence-electron chi connectivity index (χ0n) is 25.5. The van der Waals surface area contributed by atoms with E-state index >= 15 is 0 Å². The maximum atomic E-state index is 13.5. The maximum absolute atomic E-state index is 13.5. The summed E-state index contributed by atoms with van der Waals surface area (Å²) in [6, 6.07) is 12.1. The number of carbonyl (C=O) groups excluding carboxylic acids is 4. The molecule has 1 saturated heterocycles. The molecule has 2 aliphatic carbocycles. The first-order valence-corrected chi connectivity index (χ1v) is 15.0. The Morgan fingerprint density at radius 3 is 2.15 bits per heavy atom. The van der Waals surface area contributed by atoms with E-state index in [-0.39, 0.29) is 40.7 Å². The van der Waals surface area contributed by atoms with Crippen molar-refractivity contribution < 1.29 is 61.9 Å². The Morgan fingerprint density at radius 1 is 0.958 bits per heavy atom. The van der Waals surface area contributed by atoms with E-state index in [4.69, 9.17) is 14.2 Å². The second kappa shape index (κ2) is 12.0. The van der Waals surface area contributed by atoms with Crippen LogP contribution in [0.2, 0.25) is 0 Å². The quantitative estimate of drug-likeness (QED) is 0.180. The molecular weight excluding hydrogens is 639 g/mol. The second-order valence-electron chi connectivity index (χ2n) is 12.4. The predicted octanol–water partition coefficient (Wildman–Crippen LogP) is 4.04. The molecular formula is C34H30F3NO10. The number of esters is 1. The summed E-state index contributed by atoms with van der Waals surface area (Å²) in [4.78, 5) is 51.8. The SMILES string of the molecule is C[C@@H]1O[C@@H](O[C@H]2C[C@@](C)(O)Cc3c(O)c4c(c(O)c32)C(=O)c2ccccc2C4=O)C[C@H](OC(=O)c2ccccc2)[C@@H]1NC(=O)C(F)(F)F. The van der Waals surface area contributed by atoms with Crippen molar-refractivity contribution in [3.8, 4) is 11.5 Å². The molecule has 11 nitrogen and oxygen atoms in total. The normalized spacial score (nSPS) is 26.6. The topological polar surface area (TPSA) is 169 Å². The molecule has 14 heteroatoms. The van der Waals surface area contributed by atoms with E-state index in [1.165, 1.54) is 38.1 Å². The number of carbonyl (C=O) groups is 4. The zero-order valence-corrected chi connectivity index (χ0v) is 25.5. The summed E-state index contributed by atoms with van der Waals surface area (Å²) in [6.07, 6.45) is -11.3. The van der Waals surface area contributed by atoms with Gasteiger partial charge in [0.15, 0.2) is 17.9 Å². The smallest absolute Gasteiger partial charge is 0.471 e. The Bertz CT molecular complexity index is 1820. The van der Waals surface area contributed by atoms with Crippen LogP contribution in [0.15, 0.2) is 54.6 Å². The van der Waals surface area contributed by atoms with Gasteiger partial charge in [-0.05, 0) is 26.0 Å². The molecule has 6 atom stereocenters. The Balaban J connectivity index is 1.35. The monoisotopic (exact) mass is 669 g/mol. The highest BCUT2D eigenvalue weighted by Crippen LogP contribution is 2.51. The van der Waals surface area contributed by atoms with Gasteiger partial charge < -0.3 is 34.8 Å². The number of aliphatic hydroxyl groups is 1. The summed E-state index contributed by atoms with van der Waals surface area (Å²) in [7, 11) is 0. The first-order valence-electron chi connectivity index (χ1n) is 15.0. The van der Waals surface area contributed by atoms with E-state index in [2.05, 4.69) is 0 Å². The molecule has 3 aromatic carbocycles. The molecule has 1 amide bonds. The van der Waals surface area contributed by atoms with Crippen LogP contribution in [0.1, 0.15) is 86.1 Å². The minimum Gasteiger partial charge on any atom is -0.507 e. The summed E-state index contributed by atoms with van der Waals surface area (Å²) in [5, 5.41) is 35.9. The molecule has 3 aliphatic rings. The largest absolute Gasteiger partial charge is 0.507 e. The van der Waals surface area contributed by atoms with Crippen LogP contribution in [0, 0.1) is 0 Å². The third-order valence-electron chi connectivity index (χ3n) is 8.80. The highest BCUT2D eigenvalue weighted by Gasteiger charge is 2.49. The number of alkyl halides is 3. The summed E-state index contributed by atoms with van der Waals surface area (Å²) in [6.45, 7) is 2.77. The number of rotatable bonds is 5. The van der Waals surface area contributed by atoms with E-state index in [0.717, 1.165) is 0 Å². The number of fused-ring (bicyclic) bond motifs is 3. The van der Waals surface area contributed by atoms with Crippen LogP contribution in [0.25, 0.3) is 0 Å². The molecule has 0 unspecified atom stereocenters. The summed E-state index contributed by atoms with van der Waals surface area (Å²) >= 11 is 0. The van der Waals surface area contributed by atoms with Crippen molar-refractivity contribution in [3.63, 3.8) is 0 Å².